The number of likely N-dealkylation sites (N-methyl/N-ethyl adjacent to an activating group) is 1. The number of hydrogen-bond donors (Lipinski definition) is 0. The summed E-state index contributed by atoms with van der Waals surface area (Å²) in [4.78, 5) is 17.9. The normalized spacial score (nSPS) is 11.8. The topological polar surface area (TPSA) is 69.5 Å². The lowest BCUT2D eigenvalue weighted by Gasteiger charge is -2.21. The van der Waals surface area contributed by atoms with Crippen molar-refractivity contribution in [1.82, 2.24) is 19.7 Å². The number of nitrogens with zero attached hydrogens (tertiary/aromatic N) is 4. The molecule has 1 amide bonds. The SMILES string of the molecule is COc1ccc(CCN(C)C(=O)[C@H](C)n2cncn2)cc1OC. The fourth-order valence-corrected chi connectivity index (χ4v) is 2.29. The molecule has 1 heterocycles. The van der Waals surface area contributed by atoms with Gasteiger partial charge in [-0.25, -0.2) is 9.67 Å². The third-order valence-corrected chi connectivity index (χ3v) is 3.75. The third kappa shape index (κ3) is 4.00. The first-order valence-corrected chi connectivity index (χ1v) is 7.36. The zero-order valence-electron chi connectivity index (χ0n) is 13.9. The van der Waals surface area contributed by atoms with Crippen LogP contribution in [0.15, 0.2) is 30.9 Å². The van der Waals surface area contributed by atoms with Gasteiger partial charge in [-0.05, 0) is 31.0 Å². The van der Waals surface area contributed by atoms with E-state index in [9.17, 15) is 4.79 Å². The van der Waals surface area contributed by atoms with E-state index in [1.54, 1.807) is 37.2 Å². The van der Waals surface area contributed by atoms with E-state index in [1.807, 2.05) is 25.1 Å². The Labute approximate surface area is 135 Å². The van der Waals surface area contributed by atoms with Crippen molar-refractivity contribution in [3.8, 4) is 11.5 Å². The molecule has 0 saturated carbocycles. The second kappa shape index (κ2) is 7.62. The van der Waals surface area contributed by atoms with Crippen LogP contribution in [0, 0.1) is 0 Å². The monoisotopic (exact) mass is 318 g/mol. The molecule has 0 saturated heterocycles. The highest BCUT2D eigenvalue weighted by molar-refractivity contribution is 5.79. The molecule has 0 aliphatic carbocycles. The summed E-state index contributed by atoms with van der Waals surface area (Å²) < 4.78 is 12.1. The van der Waals surface area contributed by atoms with E-state index in [0.717, 1.165) is 12.0 Å². The number of benzene rings is 1. The van der Waals surface area contributed by atoms with Gasteiger partial charge in [0.15, 0.2) is 11.5 Å². The smallest absolute Gasteiger partial charge is 0.246 e. The van der Waals surface area contributed by atoms with Crippen LogP contribution in [0.3, 0.4) is 0 Å². The number of methoxy groups -OCH3 is 2. The van der Waals surface area contributed by atoms with Gasteiger partial charge in [-0.2, -0.15) is 5.10 Å². The van der Waals surface area contributed by atoms with Gasteiger partial charge in [0.05, 0.1) is 14.2 Å². The number of rotatable bonds is 7. The molecule has 23 heavy (non-hydrogen) atoms. The van der Waals surface area contributed by atoms with Crippen molar-refractivity contribution in [3.05, 3.63) is 36.4 Å². The maximum Gasteiger partial charge on any atom is 0.246 e. The van der Waals surface area contributed by atoms with Crippen LogP contribution in [0.1, 0.15) is 18.5 Å². The molecule has 0 unspecified atom stereocenters. The Balaban J connectivity index is 1.96. The molecule has 2 rings (SSSR count). The molecule has 2 aromatic rings. The lowest BCUT2D eigenvalue weighted by atomic mass is 10.1. The number of carbonyl (C=O) groups excluding carboxylic acids is 1. The number of carbonyl (C=O) groups is 1. The minimum atomic E-state index is -0.368. The van der Waals surface area contributed by atoms with Crippen molar-refractivity contribution in [1.29, 1.82) is 0 Å². The Hall–Kier alpha value is -2.57. The summed E-state index contributed by atoms with van der Waals surface area (Å²) in [6.45, 7) is 2.41. The predicted molar refractivity (Wildman–Crippen MR) is 85.6 cm³/mol. The van der Waals surface area contributed by atoms with Crippen molar-refractivity contribution in [2.45, 2.75) is 19.4 Å². The molecular formula is C16H22N4O3. The maximum atomic E-state index is 12.4. The zero-order valence-corrected chi connectivity index (χ0v) is 13.9. The number of aromatic nitrogens is 3. The Morgan fingerprint density at radius 3 is 2.65 bits per heavy atom. The van der Waals surface area contributed by atoms with Crippen LogP contribution < -0.4 is 9.47 Å². The Kier molecular flexibility index (Phi) is 5.56. The van der Waals surface area contributed by atoms with Crippen LogP contribution in [0.25, 0.3) is 0 Å². The molecule has 0 spiro atoms. The van der Waals surface area contributed by atoms with Crippen molar-refractivity contribution < 1.29 is 14.3 Å². The molecule has 1 atom stereocenters. The fourth-order valence-electron chi connectivity index (χ4n) is 2.29. The molecule has 0 bridgehead atoms. The summed E-state index contributed by atoms with van der Waals surface area (Å²) in [5.41, 5.74) is 1.08. The summed E-state index contributed by atoms with van der Waals surface area (Å²) in [6, 6.07) is 5.40. The minimum absolute atomic E-state index is 0.00373. The van der Waals surface area contributed by atoms with Crippen LogP contribution in [0.4, 0.5) is 0 Å². The molecule has 0 aliphatic heterocycles. The molecule has 124 valence electrons. The highest BCUT2D eigenvalue weighted by Crippen LogP contribution is 2.27. The first-order valence-electron chi connectivity index (χ1n) is 7.36. The molecule has 0 aliphatic rings. The summed E-state index contributed by atoms with van der Waals surface area (Å²) in [5, 5.41) is 4.01. The van der Waals surface area contributed by atoms with Crippen LogP contribution in [0.2, 0.25) is 0 Å². The van der Waals surface area contributed by atoms with Gasteiger partial charge < -0.3 is 14.4 Å². The van der Waals surface area contributed by atoms with Crippen LogP contribution in [0.5, 0.6) is 11.5 Å². The van der Waals surface area contributed by atoms with E-state index in [0.29, 0.717) is 18.0 Å². The van der Waals surface area contributed by atoms with E-state index in [2.05, 4.69) is 10.1 Å². The molecule has 7 nitrogen and oxygen atoms in total. The van der Waals surface area contributed by atoms with Gasteiger partial charge in [0.2, 0.25) is 5.91 Å². The Bertz CT molecular complexity index is 643. The van der Waals surface area contributed by atoms with E-state index >= 15 is 0 Å². The minimum Gasteiger partial charge on any atom is -0.493 e. The predicted octanol–water partition coefficient (Wildman–Crippen LogP) is 1.56. The van der Waals surface area contributed by atoms with Gasteiger partial charge in [0.1, 0.15) is 18.7 Å². The van der Waals surface area contributed by atoms with Crippen LogP contribution >= 0.6 is 0 Å². The first-order chi connectivity index (χ1) is 11.1. The largest absolute Gasteiger partial charge is 0.493 e. The average molecular weight is 318 g/mol. The highest BCUT2D eigenvalue weighted by atomic mass is 16.5. The zero-order chi connectivity index (χ0) is 16.8. The summed E-state index contributed by atoms with van der Waals surface area (Å²) >= 11 is 0. The summed E-state index contributed by atoms with van der Waals surface area (Å²) in [7, 11) is 5.00. The van der Waals surface area contributed by atoms with E-state index in [-0.39, 0.29) is 11.9 Å². The van der Waals surface area contributed by atoms with Crippen molar-refractivity contribution in [2.24, 2.45) is 0 Å². The maximum absolute atomic E-state index is 12.4. The molecular weight excluding hydrogens is 296 g/mol. The Morgan fingerprint density at radius 2 is 2.04 bits per heavy atom. The lowest BCUT2D eigenvalue weighted by Crippen LogP contribution is -2.34. The third-order valence-electron chi connectivity index (χ3n) is 3.75. The molecule has 0 radical (unpaired) electrons. The van der Waals surface area contributed by atoms with Crippen LogP contribution in [-0.2, 0) is 11.2 Å². The first kappa shape index (κ1) is 16.8. The number of amides is 1. The Morgan fingerprint density at radius 1 is 1.30 bits per heavy atom. The van der Waals surface area contributed by atoms with E-state index in [4.69, 9.17) is 9.47 Å². The molecule has 0 N–H and O–H groups in total. The standard InChI is InChI=1S/C16H22N4O3/c1-12(20-11-17-10-18-20)16(21)19(2)8-7-13-5-6-14(22-3)15(9-13)23-4/h5-6,9-12H,7-8H2,1-4H3/t12-/m0/s1. The second-order valence-corrected chi connectivity index (χ2v) is 5.25. The van der Waals surface area contributed by atoms with Gasteiger partial charge >= 0.3 is 0 Å². The van der Waals surface area contributed by atoms with Crippen molar-refractivity contribution in [2.75, 3.05) is 27.8 Å². The quantitative estimate of drug-likeness (QED) is 0.775. The summed E-state index contributed by atoms with van der Waals surface area (Å²) in [5.74, 6) is 1.38. The van der Waals surface area contributed by atoms with Gasteiger partial charge in [-0.3, -0.25) is 4.79 Å². The molecule has 0 fully saturated rings. The van der Waals surface area contributed by atoms with E-state index < -0.39 is 0 Å². The second-order valence-electron chi connectivity index (χ2n) is 5.25. The summed E-state index contributed by atoms with van der Waals surface area (Å²) in [6.07, 6.45) is 3.70. The fraction of sp³-hybridized carbons (Fsp3) is 0.438. The van der Waals surface area contributed by atoms with Gasteiger partial charge in [0, 0.05) is 13.6 Å². The molecule has 1 aromatic carbocycles. The highest BCUT2D eigenvalue weighted by Gasteiger charge is 2.19. The molecule has 1 aromatic heterocycles. The van der Waals surface area contributed by atoms with Crippen molar-refractivity contribution >= 4 is 5.91 Å². The number of hydrogen-bond acceptors (Lipinski definition) is 5. The van der Waals surface area contributed by atoms with Crippen molar-refractivity contribution in [3.63, 3.8) is 0 Å². The van der Waals surface area contributed by atoms with Gasteiger partial charge in [-0.15, -0.1) is 0 Å². The number of ether oxygens (including phenoxy) is 2. The molecule has 7 heteroatoms. The average Bonchev–Trinajstić information content (AvgIpc) is 3.12. The lowest BCUT2D eigenvalue weighted by molar-refractivity contribution is -0.133. The van der Waals surface area contributed by atoms with Gasteiger partial charge in [-0.1, -0.05) is 6.07 Å². The van der Waals surface area contributed by atoms with E-state index in [1.165, 1.54) is 6.33 Å². The van der Waals surface area contributed by atoms with Crippen LogP contribution in [-0.4, -0.2) is 53.4 Å². The van der Waals surface area contributed by atoms with Gasteiger partial charge in [0.25, 0.3) is 0 Å².